The maximum absolute atomic E-state index is 12.0. The number of carbonyl (C=O) groups excluding carboxylic acids is 2. The van der Waals surface area contributed by atoms with Crippen molar-refractivity contribution in [3.63, 3.8) is 0 Å². The summed E-state index contributed by atoms with van der Waals surface area (Å²) < 4.78 is 0. The molecule has 0 spiro atoms. The van der Waals surface area contributed by atoms with Crippen LogP contribution >= 0.6 is 0 Å². The first-order valence-electron chi connectivity index (χ1n) is 9.52. The van der Waals surface area contributed by atoms with Gasteiger partial charge in [-0.25, -0.2) is 0 Å². The summed E-state index contributed by atoms with van der Waals surface area (Å²) in [4.78, 5) is 23.6. The molecule has 0 saturated carbocycles. The van der Waals surface area contributed by atoms with E-state index in [1.807, 2.05) is 6.92 Å². The van der Waals surface area contributed by atoms with E-state index in [9.17, 15) is 9.59 Å². The number of hydrogen-bond acceptors (Lipinski definition) is 3. The highest BCUT2D eigenvalue weighted by Crippen LogP contribution is 2.26. The third-order valence-corrected chi connectivity index (χ3v) is 4.30. The molecule has 3 N–H and O–H groups in total. The molecule has 5 nitrogen and oxygen atoms in total. The van der Waals surface area contributed by atoms with Crippen LogP contribution in [0.15, 0.2) is 24.3 Å². The summed E-state index contributed by atoms with van der Waals surface area (Å²) in [5, 5.41) is 8.71. The van der Waals surface area contributed by atoms with Gasteiger partial charge in [0.05, 0.1) is 13.1 Å². The van der Waals surface area contributed by atoms with E-state index in [0.717, 1.165) is 6.42 Å². The Morgan fingerprint density at radius 3 is 2.04 bits per heavy atom. The molecular weight excluding hydrogens is 326 g/mol. The summed E-state index contributed by atoms with van der Waals surface area (Å²) >= 11 is 0. The lowest BCUT2D eigenvalue weighted by molar-refractivity contribution is -0.125. The monoisotopic (exact) mass is 361 g/mol. The molecule has 0 aliphatic carbocycles. The molecule has 1 aromatic rings. The molecule has 0 unspecified atom stereocenters. The van der Waals surface area contributed by atoms with Crippen LogP contribution in [0.5, 0.6) is 0 Å². The van der Waals surface area contributed by atoms with Gasteiger partial charge in [-0.2, -0.15) is 0 Å². The molecule has 0 saturated heterocycles. The predicted octanol–water partition coefficient (Wildman–Crippen LogP) is 2.91. The smallest absolute Gasteiger partial charge is 0.239 e. The molecule has 5 heteroatoms. The molecular formula is C21H35N3O2. The second-order valence-corrected chi connectivity index (χ2v) is 8.10. The highest BCUT2D eigenvalue weighted by atomic mass is 16.2. The van der Waals surface area contributed by atoms with Crippen LogP contribution < -0.4 is 16.0 Å². The van der Waals surface area contributed by atoms with Crippen LogP contribution in [-0.2, 0) is 15.0 Å². The molecule has 0 aromatic heterocycles. The van der Waals surface area contributed by atoms with Gasteiger partial charge >= 0.3 is 0 Å². The molecule has 0 aliphatic rings. The normalized spacial score (nSPS) is 12.7. The molecule has 1 rings (SSSR count). The Labute approximate surface area is 158 Å². The van der Waals surface area contributed by atoms with E-state index in [-0.39, 0.29) is 36.4 Å². The van der Waals surface area contributed by atoms with Gasteiger partial charge in [0.25, 0.3) is 0 Å². The quantitative estimate of drug-likeness (QED) is 0.633. The number of carbonyl (C=O) groups is 2. The topological polar surface area (TPSA) is 70.2 Å². The fraction of sp³-hybridized carbons (Fsp3) is 0.619. The Hall–Kier alpha value is -1.88. The fourth-order valence-corrected chi connectivity index (χ4v) is 2.70. The Balaban J connectivity index is 2.58. The maximum atomic E-state index is 12.0. The van der Waals surface area contributed by atoms with E-state index in [0.29, 0.717) is 12.5 Å². The average Bonchev–Trinajstić information content (AvgIpc) is 2.57. The second kappa shape index (κ2) is 10.3. The number of rotatable bonds is 9. The van der Waals surface area contributed by atoms with E-state index in [1.165, 1.54) is 11.1 Å². The lowest BCUT2D eigenvalue weighted by atomic mass is 9.85. The fourth-order valence-electron chi connectivity index (χ4n) is 2.70. The summed E-state index contributed by atoms with van der Waals surface area (Å²) in [6.45, 7) is 13.7. The van der Waals surface area contributed by atoms with E-state index >= 15 is 0 Å². The van der Waals surface area contributed by atoms with Crippen LogP contribution in [0.25, 0.3) is 0 Å². The molecule has 1 aromatic carbocycles. The molecule has 0 aliphatic heterocycles. The first kappa shape index (κ1) is 22.2. The van der Waals surface area contributed by atoms with Crippen molar-refractivity contribution in [1.29, 1.82) is 0 Å². The molecule has 146 valence electrons. The van der Waals surface area contributed by atoms with Crippen LogP contribution in [0, 0.1) is 5.92 Å². The zero-order chi connectivity index (χ0) is 19.7. The van der Waals surface area contributed by atoms with Gasteiger partial charge in [0.2, 0.25) is 11.8 Å². The van der Waals surface area contributed by atoms with Crippen molar-refractivity contribution in [2.24, 2.45) is 5.92 Å². The zero-order valence-electron chi connectivity index (χ0n) is 17.1. The van der Waals surface area contributed by atoms with Gasteiger partial charge in [-0.15, -0.1) is 0 Å². The zero-order valence-corrected chi connectivity index (χ0v) is 17.1. The molecule has 0 bridgehead atoms. The highest BCUT2D eigenvalue weighted by Gasteiger charge is 2.19. The van der Waals surface area contributed by atoms with Gasteiger partial charge in [0.15, 0.2) is 0 Å². The summed E-state index contributed by atoms with van der Waals surface area (Å²) in [5.41, 5.74) is 2.58. The van der Waals surface area contributed by atoms with Gasteiger partial charge in [0, 0.05) is 12.6 Å². The summed E-state index contributed by atoms with van der Waals surface area (Å²) in [5.74, 6) is 0.0168. The minimum absolute atomic E-state index is 0.0210. The average molecular weight is 362 g/mol. The van der Waals surface area contributed by atoms with Crippen LogP contribution in [0.1, 0.15) is 65.1 Å². The second-order valence-electron chi connectivity index (χ2n) is 8.10. The van der Waals surface area contributed by atoms with E-state index in [2.05, 4.69) is 74.8 Å². The van der Waals surface area contributed by atoms with Gasteiger partial charge in [-0.05, 0) is 28.9 Å². The highest BCUT2D eigenvalue weighted by molar-refractivity contribution is 5.85. The van der Waals surface area contributed by atoms with E-state index < -0.39 is 0 Å². The number of nitrogens with one attached hydrogen (secondary N) is 3. The largest absolute Gasteiger partial charge is 0.355 e. The summed E-state index contributed by atoms with van der Waals surface area (Å²) in [7, 11) is 0. The third kappa shape index (κ3) is 7.56. The van der Waals surface area contributed by atoms with Crippen LogP contribution in [0.3, 0.4) is 0 Å². The molecule has 1 atom stereocenters. The standard InChI is InChI=1S/C21H35N3O2/c1-7-12-22-18(25)13-23-19(26)14-24-20(15(2)3)16-8-10-17(11-9-16)21(4,5)6/h8-11,15,20,24H,7,12-14H2,1-6H3,(H,22,25)(H,23,26)/t20-/m0/s1. The number of benzene rings is 1. The Morgan fingerprint density at radius 2 is 1.54 bits per heavy atom. The number of amides is 2. The first-order valence-corrected chi connectivity index (χ1v) is 9.52. The summed E-state index contributed by atoms with van der Waals surface area (Å²) in [6, 6.07) is 8.67. The SMILES string of the molecule is CCCNC(=O)CNC(=O)CN[C@H](c1ccc(C(C)(C)C)cc1)C(C)C. The Bertz CT molecular complexity index is 574. The van der Waals surface area contributed by atoms with Crippen molar-refractivity contribution in [2.75, 3.05) is 19.6 Å². The van der Waals surface area contributed by atoms with Crippen LogP contribution in [-0.4, -0.2) is 31.4 Å². The van der Waals surface area contributed by atoms with Gasteiger partial charge < -0.3 is 16.0 Å². The number of hydrogen-bond donors (Lipinski definition) is 3. The first-order chi connectivity index (χ1) is 12.1. The molecule has 26 heavy (non-hydrogen) atoms. The van der Waals surface area contributed by atoms with Crippen molar-refractivity contribution in [3.8, 4) is 0 Å². The van der Waals surface area contributed by atoms with Gasteiger partial charge in [-0.1, -0.05) is 65.8 Å². The van der Waals surface area contributed by atoms with Crippen molar-refractivity contribution < 1.29 is 9.59 Å². The van der Waals surface area contributed by atoms with Crippen molar-refractivity contribution in [2.45, 2.75) is 59.4 Å². The lowest BCUT2D eigenvalue weighted by Gasteiger charge is -2.25. The van der Waals surface area contributed by atoms with Crippen molar-refractivity contribution in [1.82, 2.24) is 16.0 Å². The predicted molar refractivity (Wildman–Crippen MR) is 107 cm³/mol. The van der Waals surface area contributed by atoms with Crippen LogP contribution in [0.2, 0.25) is 0 Å². The third-order valence-electron chi connectivity index (χ3n) is 4.30. The van der Waals surface area contributed by atoms with Gasteiger partial charge in [-0.3, -0.25) is 9.59 Å². The Morgan fingerprint density at radius 1 is 0.962 bits per heavy atom. The lowest BCUT2D eigenvalue weighted by Crippen LogP contribution is -2.42. The van der Waals surface area contributed by atoms with E-state index in [1.54, 1.807) is 0 Å². The molecule has 0 heterocycles. The van der Waals surface area contributed by atoms with Crippen molar-refractivity contribution in [3.05, 3.63) is 35.4 Å². The minimum Gasteiger partial charge on any atom is -0.355 e. The molecule has 0 fully saturated rings. The van der Waals surface area contributed by atoms with Crippen LogP contribution in [0.4, 0.5) is 0 Å². The molecule has 2 amide bonds. The Kier molecular flexibility index (Phi) is 8.79. The van der Waals surface area contributed by atoms with Crippen molar-refractivity contribution >= 4 is 11.8 Å². The van der Waals surface area contributed by atoms with Gasteiger partial charge in [0.1, 0.15) is 0 Å². The van der Waals surface area contributed by atoms with E-state index in [4.69, 9.17) is 0 Å². The maximum Gasteiger partial charge on any atom is 0.239 e. The molecule has 0 radical (unpaired) electrons. The minimum atomic E-state index is -0.173. The summed E-state index contributed by atoms with van der Waals surface area (Å²) in [6.07, 6.45) is 0.880.